The second kappa shape index (κ2) is 11.5. The van der Waals surface area contributed by atoms with Crippen LogP contribution in [0, 0.1) is 16.0 Å². The maximum atomic E-state index is 12.7. The highest BCUT2D eigenvalue weighted by Gasteiger charge is 2.25. The number of nitrogens with one attached hydrogen (secondary N) is 3. The Morgan fingerprint density at radius 3 is 2.38 bits per heavy atom. The van der Waals surface area contributed by atoms with Crippen LogP contribution in [0.2, 0.25) is 0 Å². The van der Waals surface area contributed by atoms with Gasteiger partial charge in [-0.05, 0) is 30.2 Å². The first-order valence-corrected chi connectivity index (χ1v) is 12.3. The van der Waals surface area contributed by atoms with Crippen LogP contribution in [0.1, 0.15) is 24.2 Å². The molecule has 0 aliphatic heterocycles. The molecule has 0 aromatic heterocycles. The number of carbonyl (C=O) groups excluding carboxylic acids is 2. The molecule has 12 heteroatoms. The van der Waals surface area contributed by atoms with Crippen LogP contribution in [-0.2, 0) is 14.6 Å². The number of nitrogens with zero attached hydrogens (tertiary/aromatic N) is 1. The lowest BCUT2D eigenvalue weighted by Crippen LogP contribution is -2.50. The first-order valence-electron chi connectivity index (χ1n) is 10.4. The van der Waals surface area contributed by atoms with Gasteiger partial charge in [0.2, 0.25) is 5.91 Å². The smallest absolute Gasteiger partial charge is 0.293 e. The fourth-order valence-corrected chi connectivity index (χ4v) is 3.76. The number of hydrogen-bond donors (Lipinski definition) is 3. The number of para-hydroxylation sites is 1. The largest absolute Gasteiger partial charge is 0.496 e. The molecule has 34 heavy (non-hydrogen) atoms. The zero-order chi connectivity index (χ0) is 25.5. The van der Waals surface area contributed by atoms with Gasteiger partial charge in [0.15, 0.2) is 9.84 Å². The molecule has 0 spiro atoms. The Bertz CT molecular complexity index is 1170. The van der Waals surface area contributed by atoms with Crippen molar-refractivity contribution in [2.45, 2.75) is 24.8 Å². The molecule has 0 aliphatic carbocycles. The van der Waals surface area contributed by atoms with Gasteiger partial charge in [-0.3, -0.25) is 19.7 Å². The van der Waals surface area contributed by atoms with E-state index in [0.717, 1.165) is 12.3 Å². The molecule has 0 aliphatic rings. The molecule has 0 heterocycles. The molecule has 0 saturated carbocycles. The van der Waals surface area contributed by atoms with E-state index in [2.05, 4.69) is 16.0 Å². The summed E-state index contributed by atoms with van der Waals surface area (Å²) < 4.78 is 28.5. The minimum atomic E-state index is -3.60. The molecule has 0 saturated heterocycles. The number of nitro groups is 1. The molecule has 0 fully saturated rings. The monoisotopic (exact) mass is 492 g/mol. The van der Waals surface area contributed by atoms with E-state index in [-0.39, 0.29) is 29.6 Å². The highest BCUT2D eigenvalue weighted by atomic mass is 32.2. The highest BCUT2D eigenvalue weighted by Crippen LogP contribution is 2.27. The Hall–Kier alpha value is -3.67. The number of carbonyl (C=O) groups is 2. The number of sulfone groups is 1. The highest BCUT2D eigenvalue weighted by molar-refractivity contribution is 7.90. The quantitative estimate of drug-likeness (QED) is 0.244. The van der Waals surface area contributed by atoms with E-state index in [4.69, 9.17) is 4.74 Å². The van der Waals surface area contributed by atoms with E-state index in [1.165, 1.54) is 19.2 Å². The molecule has 184 valence electrons. The number of hydrogen-bond acceptors (Lipinski definition) is 8. The van der Waals surface area contributed by atoms with Gasteiger partial charge in [0.05, 0.1) is 22.5 Å². The van der Waals surface area contributed by atoms with Gasteiger partial charge in [-0.25, -0.2) is 8.42 Å². The van der Waals surface area contributed by atoms with Crippen molar-refractivity contribution in [2.75, 3.05) is 31.8 Å². The van der Waals surface area contributed by atoms with Gasteiger partial charge in [-0.1, -0.05) is 26.0 Å². The third kappa shape index (κ3) is 6.91. The lowest BCUT2D eigenvalue weighted by atomic mass is 10.0. The summed E-state index contributed by atoms with van der Waals surface area (Å²) in [7, 11) is -2.15. The molecule has 0 unspecified atom stereocenters. The maximum absolute atomic E-state index is 12.7. The summed E-state index contributed by atoms with van der Waals surface area (Å²) in [6, 6.07) is 9.40. The second-order valence-electron chi connectivity index (χ2n) is 7.82. The third-order valence-corrected chi connectivity index (χ3v) is 6.03. The van der Waals surface area contributed by atoms with Gasteiger partial charge in [0.1, 0.15) is 17.5 Å². The van der Waals surface area contributed by atoms with Crippen LogP contribution in [0.4, 0.5) is 11.4 Å². The lowest BCUT2D eigenvalue weighted by molar-refractivity contribution is -0.384. The zero-order valence-corrected chi connectivity index (χ0v) is 20.1. The van der Waals surface area contributed by atoms with Crippen LogP contribution in [0.5, 0.6) is 5.75 Å². The van der Waals surface area contributed by atoms with Crippen LogP contribution in [0.25, 0.3) is 0 Å². The summed E-state index contributed by atoms with van der Waals surface area (Å²) in [6.07, 6.45) is 0.965. The third-order valence-electron chi connectivity index (χ3n) is 4.92. The van der Waals surface area contributed by atoms with Crippen molar-refractivity contribution in [3.63, 3.8) is 0 Å². The normalized spacial score (nSPS) is 12.0. The van der Waals surface area contributed by atoms with Crippen molar-refractivity contribution in [3.05, 3.63) is 58.1 Å². The molecule has 3 N–H and O–H groups in total. The molecule has 0 bridgehead atoms. The first-order chi connectivity index (χ1) is 16.0. The molecule has 2 aromatic carbocycles. The SMILES string of the molecule is COc1ccccc1C(=O)N[C@H](C(=O)NCCNc1ccc(S(C)(=O)=O)cc1[N+](=O)[O-])C(C)C. The van der Waals surface area contributed by atoms with Gasteiger partial charge >= 0.3 is 0 Å². The van der Waals surface area contributed by atoms with E-state index in [0.29, 0.717) is 11.3 Å². The Morgan fingerprint density at radius 1 is 1.12 bits per heavy atom. The Kier molecular flexibility index (Phi) is 8.96. The van der Waals surface area contributed by atoms with Gasteiger partial charge < -0.3 is 20.7 Å². The Balaban J connectivity index is 2.00. The molecule has 2 rings (SSSR count). The van der Waals surface area contributed by atoms with Crippen molar-refractivity contribution in [1.82, 2.24) is 10.6 Å². The number of benzene rings is 2. The molecule has 11 nitrogen and oxygen atoms in total. The number of nitro benzene ring substituents is 1. The first kappa shape index (κ1) is 26.6. The molecular weight excluding hydrogens is 464 g/mol. The van der Waals surface area contributed by atoms with Gasteiger partial charge in [-0.2, -0.15) is 0 Å². The van der Waals surface area contributed by atoms with Crippen LogP contribution >= 0.6 is 0 Å². The Morgan fingerprint density at radius 2 is 1.79 bits per heavy atom. The number of methoxy groups -OCH3 is 1. The number of anilines is 1. The molecule has 2 amide bonds. The fourth-order valence-electron chi connectivity index (χ4n) is 3.12. The van der Waals surface area contributed by atoms with Crippen molar-refractivity contribution in [1.29, 1.82) is 0 Å². The predicted octanol–water partition coefficient (Wildman–Crippen LogP) is 1.99. The van der Waals surface area contributed by atoms with E-state index in [9.17, 15) is 28.1 Å². The van der Waals surface area contributed by atoms with E-state index in [1.54, 1.807) is 38.1 Å². The summed E-state index contributed by atoms with van der Waals surface area (Å²) in [5, 5.41) is 19.6. The summed E-state index contributed by atoms with van der Waals surface area (Å²) in [5.74, 6) is -0.695. The van der Waals surface area contributed by atoms with E-state index < -0.39 is 38.3 Å². The summed E-state index contributed by atoms with van der Waals surface area (Å²) in [5.41, 5.74) is 0.0323. The second-order valence-corrected chi connectivity index (χ2v) is 9.84. The standard InChI is InChI=1S/C22H28N4O7S/c1-14(2)20(25-21(27)16-7-5-6-8-19(16)33-3)22(28)24-12-11-23-17-10-9-15(34(4,31)32)13-18(17)26(29)30/h5-10,13-14,20,23H,11-12H2,1-4H3,(H,24,28)(H,25,27)/t20-/m0/s1. The van der Waals surface area contributed by atoms with Gasteiger partial charge in [0.25, 0.3) is 11.6 Å². The topological polar surface area (TPSA) is 157 Å². The van der Waals surface area contributed by atoms with Crippen molar-refractivity contribution in [3.8, 4) is 5.75 Å². The van der Waals surface area contributed by atoms with Crippen LogP contribution in [0.3, 0.4) is 0 Å². The summed E-state index contributed by atoms with van der Waals surface area (Å²) in [6.45, 7) is 3.82. The average molecular weight is 493 g/mol. The maximum Gasteiger partial charge on any atom is 0.293 e. The van der Waals surface area contributed by atoms with Crippen molar-refractivity contribution < 1.29 is 27.7 Å². The predicted molar refractivity (Wildman–Crippen MR) is 127 cm³/mol. The Labute approximate surface area is 198 Å². The summed E-state index contributed by atoms with van der Waals surface area (Å²) in [4.78, 5) is 35.8. The van der Waals surface area contributed by atoms with E-state index in [1.807, 2.05) is 0 Å². The number of ether oxygens (including phenoxy) is 1. The van der Waals surface area contributed by atoms with Gasteiger partial charge in [0, 0.05) is 25.4 Å². The van der Waals surface area contributed by atoms with Crippen LogP contribution in [0.15, 0.2) is 47.4 Å². The number of amides is 2. The lowest BCUT2D eigenvalue weighted by Gasteiger charge is -2.22. The minimum Gasteiger partial charge on any atom is -0.496 e. The van der Waals surface area contributed by atoms with Crippen molar-refractivity contribution >= 4 is 33.0 Å². The van der Waals surface area contributed by atoms with Gasteiger partial charge in [-0.15, -0.1) is 0 Å². The fraction of sp³-hybridized carbons (Fsp3) is 0.364. The molecule has 1 atom stereocenters. The van der Waals surface area contributed by atoms with Crippen LogP contribution < -0.4 is 20.7 Å². The molecule has 2 aromatic rings. The van der Waals surface area contributed by atoms with E-state index >= 15 is 0 Å². The molecule has 0 radical (unpaired) electrons. The summed E-state index contributed by atoms with van der Waals surface area (Å²) >= 11 is 0. The minimum absolute atomic E-state index is 0.109. The zero-order valence-electron chi connectivity index (χ0n) is 19.3. The van der Waals surface area contributed by atoms with Crippen LogP contribution in [-0.4, -0.2) is 57.7 Å². The average Bonchev–Trinajstić information content (AvgIpc) is 2.78. The number of rotatable bonds is 11. The van der Waals surface area contributed by atoms with Crippen molar-refractivity contribution in [2.24, 2.45) is 5.92 Å². The molecular formula is C22H28N4O7S.